The second-order valence-corrected chi connectivity index (χ2v) is 17.8. The van der Waals surface area contributed by atoms with E-state index in [9.17, 15) is 32.4 Å². The number of sulfonamides is 1. The summed E-state index contributed by atoms with van der Waals surface area (Å²) >= 11 is 0. The van der Waals surface area contributed by atoms with Crippen LogP contribution in [0.4, 0.5) is 4.79 Å². The highest BCUT2D eigenvalue weighted by atomic mass is 32.2. The number of benzene rings is 1. The van der Waals surface area contributed by atoms with Gasteiger partial charge in [0, 0.05) is 38.1 Å². The van der Waals surface area contributed by atoms with Crippen molar-refractivity contribution < 1.29 is 37.1 Å². The Morgan fingerprint density at radius 3 is 2.52 bits per heavy atom. The summed E-state index contributed by atoms with van der Waals surface area (Å²) in [6.07, 6.45) is 15.8. The minimum atomic E-state index is -3.83. The average molecular weight is 734 g/mol. The summed E-state index contributed by atoms with van der Waals surface area (Å²) in [5.74, 6) is -2.18. The van der Waals surface area contributed by atoms with Gasteiger partial charge in [0.05, 0.1) is 29.8 Å². The summed E-state index contributed by atoms with van der Waals surface area (Å²) in [4.78, 5) is 72.7. The van der Waals surface area contributed by atoms with Gasteiger partial charge >= 0.3 is 6.09 Å². The fourth-order valence-corrected chi connectivity index (χ4v) is 10.0. The quantitative estimate of drug-likeness (QED) is 0.386. The van der Waals surface area contributed by atoms with Gasteiger partial charge in [-0.3, -0.25) is 28.8 Å². The van der Waals surface area contributed by atoms with Crippen molar-refractivity contribution in [2.75, 3.05) is 6.54 Å². The molecule has 5 atom stereocenters. The first-order chi connectivity index (χ1) is 25.0. The molecule has 2 aliphatic carbocycles. The highest BCUT2D eigenvalue weighted by Crippen LogP contribution is 2.57. The number of ether oxygens (including phenoxy) is 1. The van der Waals surface area contributed by atoms with Crippen molar-refractivity contribution in [3.8, 4) is 0 Å². The Hall–Kier alpha value is -3.80. The molecule has 280 valence electrons. The van der Waals surface area contributed by atoms with Crippen molar-refractivity contribution in [1.29, 1.82) is 0 Å². The van der Waals surface area contributed by atoms with Crippen molar-refractivity contribution in [1.82, 2.24) is 14.5 Å². The molecule has 0 spiro atoms. The van der Waals surface area contributed by atoms with Crippen LogP contribution in [0.3, 0.4) is 0 Å². The molecule has 6 aliphatic rings. The third-order valence-corrected chi connectivity index (χ3v) is 13.8. The summed E-state index contributed by atoms with van der Waals surface area (Å²) in [6, 6.07) is 5.07. The SMILES string of the molecule is O=C1CCCCC/C=C/c2cccc3c2CN(C3)C(=O)O[C@@H]2C[C@H]3C(=O)C[C@]4(C(=O)NS(=O)(=O)C5CC5)C[C@H]4/C=C\CCCCC[C@H](C1)C(=O)N3C2. The number of ketones is 2. The van der Waals surface area contributed by atoms with E-state index >= 15 is 0 Å². The maximum Gasteiger partial charge on any atom is 0.410 e. The zero-order valence-corrected chi connectivity index (χ0v) is 30.7. The number of rotatable bonds is 3. The number of hydrogen-bond acceptors (Lipinski definition) is 8. The minimum absolute atomic E-state index is 0.0129. The first-order valence-electron chi connectivity index (χ1n) is 19.3. The number of nitrogens with one attached hydrogen (secondary N) is 1. The second-order valence-electron chi connectivity index (χ2n) is 15.9. The lowest BCUT2D eigenvalue weighted by Gasteiger charge is -2.29. The number of amides is 3. The van der Waals surface area contributed by atoms with E-state index < -0.39 is 50.8 Å². The average Bonchev–Trinajstić information content (AvgIpc) is 3.99. The third-order valence-electron chi connectivity index (χ3n) is 12.0. The molecule has 0 radical (unpaired) electrons. The number of Topliss-reactive ketones (excluding diaryl/α,β-unsaturated/α-hetero) is 2. The topological polar surface area (TPSA) is 147 Å². The summed E-state index contributed by atoms with van der Waals surface area (Å²) in [6.45, 7) is 0.806. The molecule has 0 unspecified atom stereocenters. The van der Waals surface area contributed by atoms with Gasteiger partial charge in [-0.05, 0) is 80.4 Å². The summed E-state index contributed by atoms with van der Waals surface area (Å²) in [7, 11) is -3.83. The molecular formula is C40H51N3O8S. The Bertz CT molecular complexity index is 1770. The van der Waals surface area contributed by atoms with Gasteiger partial charge in [0.2, 0.25) is 21.8 Å². The van der Waals surface area contributed by atoms with E-state index in [1.165, 1.54) is 4.90 Å². The third kappa shape index (κ3) is 8.06. The number of fused-ring (bicyclic) bond motifs is 4. The smallest absolute Gasteiger partial charge is 0.410 e. The lowest BCUT2D eigenvalue weighted by molar-refractivity contribution is -0.143. The molecule has 1 aromatic carbocycles. The van der Waals surface area contributed by atoms with Crippen molar-refractivity contribution in [2.45, 2.75) is 133 Å². The van der Waals surface area contributed by atoms with Crippen molar-refractivity contribution >= 4 is 45.6 Å². The fourth-order valence-electron chi connectivity index (χ4n) is 8.62. The van der Waals surface area contributed by atoms with E-state index in [2.05, 4.69) is 16.9 Å². The van der Waals surface area contributed by atoms with E-state index in [1.807, 2.05) is 30.4 Å². The van der Waals surface area contributed by atoms with E-state index in [1.54, 1.807) is 4.90 Å². The van der Waals surface area contributed by atoms with Crippen LogP contribution in [0.5, 0.6) is 0 Å². The van der Waals surface area contributed by atoms with E-state index in [0.29, 0.717) is 45.2 Å². The molecule has 1 N–H and O–H groups in total. The van der Waals surface area contributed by atoms with Gasteiger partial charge in [-0.15, -0.1) is 0 Å². The molecule has 3 fully saturated rings. The second kappa shape index (κ2) is 15.3. The Morgan fingerprint density at radius 1 is 0.923 bits per heavy atom. The van der Waals surface area contributed by atoms with Gasteiger partial charge in [0.25, 0.3) is 0 Å². The Balaban J connectivity index is 1.17. The molecule has 1 aromatic rings. The maximum atomic E-state index is 14.5. The fraction of sp³-hybridized carbons (Fsp3) is 0.625. The van der Waals surface area contributed by atoms with Crippen molar-refractivity contribution in [2.24, 2.45) is 17.3 Å². The largest absolute Gasteiger partial charge is 0.444 e. The van der Waals surface area contributed by atoms with Crippen molar-refractivity contribution in [3.05, 3.63) is 53.1 Å². The van der Waals surface area contributed by atoms with Crippen molar-refractivity contribution in [3.63, 3.8) is 0 Å². The number of carbonyl (C=O) groups excluding carboxylic acids is 5. The van der Waals surface area contributed by atoms with Crippen LogP contribution in [0.25, 0.3) is 6.08 Å². The zero-order chi connectivity index (χ0) is 36.5. The highest BCUT2D eigenvalue weighted by Gasteiger charge is 2.61. The normalized spacial score (nSPS) is 31.9. The molecule has 52 heavy (non-hydrogen) atoms. The van der Waals surface area contributed by atoms with Gasteiger partial charge in [0.1, 0.15) is 11.9 Å². The Morgan fingerprint density at radius 2 is 1.71 bits per heavy atom. The van der Waals surface area contributed by atoms with Crippen LogP contribution in [-0.4, -0.2) is 71.6 Å². The molecule has 4 aliphatic heterocycles. The van der Waals surface area contributed by atoms with Gasteiger partial charge in [-0.25, -0.2) is 13.2 Å². The van der Waals surface area contributed by atoms with Gasteiger partial charge in [-0.1, -0.05) is 61.8 Å². The summed E-state index contributed by atoms with van der Waals surface area (Å²) in [5.41, 5.74) is 1.95. The lowest BCUT2D eigenvalue weighted by atomic mass is 9.90. The van der Waals surface area contributed by atoms with Gasteiger partial charge in [-0.2, -0.15) is 0 Å². The van der Waals surface area contributed by atoms with E-state index in [0.717, 1.165) is 68.1 Å². The van der Waals surface area contributed by atoms with E-state index in [4.69, 9.17) is 4.74 Å². The highest BCUT2D eigenvalue weighted by molar-refractivity contribution is 7.90. The molecule has 12 heteroatoms. The predicted molar refractivity (Wildman–Crippen MR) is 194 cm³/mol. The molecule has 1 saturated heterocycles. The lowest BCUT2D eigenvalue weighted by Crippen LogP contribution is -2.46. The molecule has 0 aromatic heterocycles. The molecule has 11 nitrogen and oxygen atoms in total. The van der Waals surface area contributed by atoms with Gasteiger partial charge < -0.3 is 9.64 Å². The standard InChI is InChI=1S/C40H51N3O8S/c44-31-17-10-6-2-3-7-12-27-14-11-15-29-24-42(26-34(27)29)39(48)51-32-21-35-36(45)23-40(38(47)41-52(49,50)33-18-19-33)22-30(40)16-9-5-1-4-8-13-28(20-31)37(46)43(35)25-32/h7,9,11-12,14-16,28,30,32-33,35H,1-6,8,10,13,17-26H2,(H,41,47)/b12-7+,16-9-/t28-,30-,32-,35+,40-/m1/s1. The molecule has 5 bridgehead atoms. The molecule has 3 amide bonds. The first-order valence-corrected chi connectivity index (χ1v) is 20.9. The minimum Gasteiger partial charge on any atom is -0.444 e. The first kappa shape index (κ1) is 36.6. The summed E-state index contributed by atoms with van der Waals surface area (Å²) in [5, 5.41) is -0.588. The van der Waals surface area contributed by atoms with E-state index in [-0.39, 0.29) is 49.2 Å². The molecule has 7 rings (SSSR count). The Kier molecular flexibility index (Phi) is 10.7. The van der Waals surface area contributed by atoms with Crippen LogP contribution in [0, 0.1) is 17.3 Å². The monoisotopic (exact) mass is 733 g/mol. The van der Waals surface area contributed by atoms with Crippen LogP contribution in [0.15, 0.2) is 36.4 Å². The number of carbonyl (C=O) groups is 5. The van der Waals surface area contributed by atoms with Crippen LogP contribution in [0.1, 0.15) is 119 Å². The number of hydrogen-bond donors (Lipinski definition) is 1. The predicted octanol–water partition coefficient (Wildman–Crippen LogP) is 5.76. The zero-order valence-electron chi connectivity index (χ0n) is 29.9. The maximum absolute atomic E-state index is 14.5. The van der Waals surface area contributed by atoms with Gasteiger partial charge in [0.15, 0.2) is 5.78 Å². The van der Waals surface area contributed by atoms with Crippen LogP contribution < -0.4 is 4.72 Å². The number of nitrogens with zero attached hydrogens (tertiary/aromatic N) is 2. The van der Waals surface area contributed by atoms with Crippen LogP contribution in [0.2, 0.25) is 0 Å². The molecule has 2 saturated carbocycles. The summed E-state index contributed by atoms with van der Waals surface area (Å²) < 4.78 is 34.0. The molecule has 4 heterocycles. The van der Waals surface area contributed by atoms with Crippen LogP contribution in [-0.2, 0) is 47.0 Å². The van der Waals surface area contributed by atoms with Crippen LogP contribution >= 0.6 is 0 Å². The Labute approximate surface area is 306 Å². The number of allylic oxidation sites excluding steroid dienone is 3. The molecular weight excluding hydrogens is 683 g/mol.